The first-order valence-electron chi connectivity index (χ1n) is 12.4. The van der Waals surface area contributed by atoms with Gasteiger partial charge in [0.2, 0.25) is 0 Å². The molecule has 1 aliphatic rings. The van der Waals surface area contributed by atoms with E-state index in [1.807, 2.05) is 33.2 Å². The molecule has 0 aliphatic heterocycles. The van der Waals surface area contributed by atoms with E-state index in [1.54, 1.807) is 11.9 Å². The van der Waals surface area contributed by atoms with Crippen LogP contribution in [0.1, 0.15) is 69.9 Å². The fourth-order valence-corrected chi connectivity index (χ4v) is 4.50. The molecule has 0 bridgehead atoms. The quantitative estimate of drug-likeness (QED) is 0.200. The molecule has 0 heterocycles. The Morgan fingerprint density at radius 1 is 1.15 bits per heavy atom. The number of aryl methyl sites for hydroxylation is 1. The summed E-state index contributed by atoms with van der Waals surface area (Å²) in [5.41, 5.74) is 4.09. The van der Waals surface area contributed by atoms with Crippen molar-refractivity contribution in [1.82, 2.24) is 10.2 Å². The van der Waals surface area contributed by atoms with E-state index in [9.17, 15) is 9.59 Å². The van der Waals surface area contributed by atoms with Gasteiger partial charge in [0.1, 0.15) is 11.5 Å². The van der Waals surface area contributed by atoms with Gasteiger partial charge in [-0.3, -0.25) is 14.5 Å². The Balaban J connectivity index is 2.66. The molecule has 2 unspecified atom stereocenters. The highest BCUT2D eigenvalue weighted by Gasteiger charge is 2.32. The standard InChI is InChI=1S/C28H42N2O4/c1-8-9-10-11-21-15-24(33-26(31)17-29-5)28(25(16-21)34-27(32)18-30(6)7)23-14-20(4)12-13-22(23)19(2)3/h14-16,22-23,29H,2,8-13,17-18H2,1,3-7H3. The topological polar surface area (TPSA) is 67.9 Å². The summed E-state index contributed by atoms with van der Waals surface area (Å²) < 4.78 is 11.8. The van der Waals surface area contributed by atoms with E-state index >= 15 is 0 Å². The molecule has 1 aliphatic carbocycles. The number of rotatable bonds is 12. The summed E-state index contributed by atoms with van der Waals surface area (Å²) >= 11 is 0. The molecule has 0 saturated carbocycles. The van der Waals surface area contributed by atoms with E-state index in [0.717, 1.165) is 55.2 Å². The van der Waals surface area contributed by atoms with Gasteiger partial charge in [-0.1, -0.05) is 43.6 Å². The van der Waals surface area contributed by atoms with E-state index in [1.165, 1.54) is 5.57 Å². The van der Waals surface area contributed by atoms with Crippen molar-refractivity contribution in [3.05, 3.63) is 47.1 Å². The Hall–Kier alpha value is -2.44. The van der Waals surface area contributed by atoms with Gasteiger partial charge < -0.3 is 14.8 Å². The summed E-state index contributed by atoms with van der Waals surface area (Å²) in [6, 6.07) is 3.91. The van der Waals surface area contributed by atoms with E-state index in [2.05, 4.69) is 31.8 Å². The summed E-state index contributed by atoms with van der Waals surface area (Å²) in [5.74, 6) is 0.328. The van der Waals surface area contributed by atoms with Crippen LogP contribution >= 0.6 is 0 Å². The molecule has 34 heavy (non-hydrogen) atoms. The third-order valence-corrected chi connectivity index (χ3v) is 6.16. The zero-order valence-electron chi connectivity index (χ0n) is 21.8. The minimum atomic E-state index is -0.372. The summed E-state index contributed by atoms with van der Waals surface area (Å²) in [6.45, 7) is 10.8. The predicted octanol–water partition coefficient (Wildman–Crippen LogP) is 5.03. The number of ether oxygens (including phenoxy) is 2. The third kappa shape index (κ3) is 8.10. The minimum Gasteiger partial charge on any atom is -0.425 e. The molecule has 0 saturated heterocycles. The lowest BCUT2D eigenvalue weighted by Gasteiger charge is -2.32. The van der Waals surface area contributed by atoms with Crippen LogP contribution in [0.25, 0.3) is 0 Å². The number of allylic oxidation sites excluding steroid dienone is 3. The number of hydrogen-bond donors (Lipinski definition) is 1. The van der Waals surface area contributed by atoms with Gasteiger partial charge in [-0.2, -0.15) is 0 Å². The number of esters is 2. The number of likely N-dealkylation sites (N-methyl/N-ethyl adjacent to an activating group) is 2. The molecule has 0 aromatic heterocycles. The smallest absolute Gasteiger partial charge is 0.325 e. The van der Waals surface area contributed by atoms with Crippen molar-refractivity contribution in [2.24, 2.45) is 5.92 Å². The van der Waals surface area contributed by atoms with Crippen LogP contribution in [0.2, 0.25) is 0 Å². The zero-order valence-corrected chi connectivity index (χ0v) is 21.8. The van der Waals surface area contributed by atoms with Crippen molar-refractivity contribution in [1.29, 1.82) is 0 Å². The first-order valence-corrected chi connectivity index (χ1v) is 12.4. The Kier molecular flexibility index (Phi) is 11.0. The molecule has 0 spiro atoms. The second-order valence-corrected chi connectivity index (χ2v) is 9.71. The minimum absolute atomic E-state index is 0.0875. The van der Waals surface area contributed by atoms with E-state index < -0.39 is 0 Å². The molecule has 0 fully saturated rings. The van der Waals surface area contributed by atoms with Crippen molar-refractivity contribution in [2.45, 2.75) is 65.2 Å². The summed E-state index contributed by atoms with van der Waals surface area (Å²) in [6.07, 6.45) is 8.22. The van der Waals surface area contributed by atoms with E-state index in [4.69, 9.17) is 9.47 Å². The first-order chi connectivity index (χ1) is 16.2. The molecular weight excluding hydrogens is 428 g/mol. The fourth-order valence-electron chi connectivity index (χ4n) is 4.50. The second kappa shape index (κ2) is 13.4. The number of unbranched alkanes of at least 4 members (excludes halogenated alkanes) is 2. The van der Waals surface area contributed by atoms with Gasteiger partial charge in [0.05, 0.1) is 13.1 Å². The lowest BCUT2D eigenvalue weighted by Crippen LogP contribution is -2.27. The molecule has 1 aromatic carbocycles. The first kappa shape index (κ1) is 27.8. The number of benzene rings is 1. The largest absolute Gasteiger partial charge is 0.425 e. The highest BCUT2D eigenvalue weighted by molar-refractivity contribution is 5.78. The molecule has 1 N–H and O–H groups in total. The maximum Gasteiger partial charge on any atom is 0.325 e. The molecule has 188 valence electrons. The molecular formula is C28H42N2O4. The normalized spacial score (nSPS) is 17.9. The van der Waals surface area contributed by atoms with Crippen LogP contribution in [-0.2, 0) is 16.0 Å². The van der Waals surface area contributed by atoms with Gasteiger partial charge in [-0.05, 0) is 84.3 Å². The molecule has 1 aromatic rings. The lowest BCUT2D eigenvalue weighted by atomic mass is 9.73. The number of carbonyl (C=O) groups excluding carboxylic acids is 2. The summed E-state index contributed by atoms with van der Waals surface area (Å²) in [4.78, 5) is 27.1. The number of hydrogen-bond acceptors (Lipinski definition) is 6. The predicted molar refractivity (Wildman–Crippen MR) is 137 cm³/mol. The van der Waals surface area contributed by atoms with Crippen LogP contribution in [-0.4, -0.2) is 51.1 Å². The van der Waals surface area contributed by atoms with Crippen molar-refractivity contribution < 1.29 is 19.1 Å². The van der Waals surface area contributed by atoms with Crippen molar-refractivity contribution in [2.75, 3.05) is 34.2 Å². The van der Waals surface area contributed by atoms with Gasteiger partial charge in [-0.15, -0.1) is 0 Å². The molecule has 0 amide bonds. The summed E-state index contributed by atoms with van der Waals surface area (Å²) in [5, 5.41) is 2.85. The third-order valence-electron chi connectivity index (χ3n) is 6.16. The fraction of sp³-hybridized carbons (Fsp3) is 0.571. The molecule has 2 rings (SSSR count). The summed E-state index contributed by atoms with van der Waals surface area (Å²) in [7, 11) is 5.37. The lowest BCUT2D eigenvalue weighted by molar-refractivity contribution is -0.135. The van der Waals surface area contributed by atoms with Gasteiger partial charge in [0.15, 0.2) is 0 Å². The molecule has 6 nitrogen and oxygen atoms in total. The van der Waals surface area contributed by atoms with Gasteiger partial charge in [0.25, 0.3) is 0 Å². The van der Waals surface area contributed by atoms with Crippen molar-refractivity contribution in [3.63, 3.8) is 0 Å². The Bertz CT molecular complexity index is 904. The Morgan fingerprint density at radius 3 is 2.35 bits per heavy atom. The van der Waals surface area contributed by atoms with E-state index in [0.29, 0.717) is 11.5 Å². The maximum absolute atomic E-state index is 12.7. The molecule has 2 atom stereocenters. The van der Waals surface area contributed by atoms with Crippen LogP contribution in [0, 0.1) is 5.92 Å². The Morgan fingerprint density at radius 2 is 1.79 bits per heavy atom. The average molecular weight is 471 g/mol. The number of carbonyl (C=O) groups is 2. The van der Waals surface area contributed by atoms with Crippen LogP contribution in [0.4, 0.5) is 0 Å². The molecule has 6 heteroatoms. The van der Waals surface area contributed by atoms with Crippen LogP contribution in [0.3, 0.4) is 0 Å². The van der Waals surface area contributed by atoms with Crippen LogP contribution in [0.15, 0.2) is 35.9 Å². The van der Waals surface area contributed by atoms with Crippen molar-refractivity contribution >= 4 is 11.9 Å². The number of nitrogens with one attached hydrogen (secondary N) is 1. The maximum atomic E-state index is 12.7. The van der Waals surface area contributed by atoms with Crippen LogP contribution < -0.4 is 14.8 Å². The van der Waals surface area contributed by atoms with Gasteiger partial charge in [0, 0.05) is 11.5 Å². The SMILES string of the molecule is C=C(C)C1CCC(C)=CC1c1c(OC(=O)CNC)cc(CCCCC)cc1OC(=O)CN(C)C. The van der Waals surface area contributed by atoms with Gasteiger partial charge >= 0.3 is 11.9 Å². The van der Waals surface area contributed by atoms with Crippen molar-refractivity contribution in [3.8, 4) is 11.5 Å². The van der Waals surface area contributed by atoms with E-state index in [-0.39, 0.29) is 36.9 Å². The van der Waals surface area contributed by atoms with Crippen LogP contribution in [0.5, 0.6) is 11.5 Å². The second-order valence-electron chi connectivity index (χ2n) is 9.71. The van der Waals surface area contributed by atoms with Gasteiger partial charge in [-0.25, -0.2) is 0 Å². The average Bonchev–Trinajstić information content (AvgIpc) is 2.73. The highest BCUT2D eigenvalue weighted by atomic mass is 16.5. The molecule has 0 radical (unpaired) electrons. The number of nitrogens with zero attached hydrogens (tertiary/aromatic N) is 1. The monoisotopic (exact) mass is 470 g/mol. The zero-order chi connectivity index (χ0) is 25.3. The Labute approximate surface area is 205 Å². The highest BCUT2D eigenvalue weighted by Crippen LogP contribution is 2.47.